The minimum atomic E-state index is -0.916. The molecule has 0 amide bonds. The zero-order chi connectivity index (χ0) is 11.5. The monoisotopic (exact) mass is 212 g/mol. The van der Waals surface area contributed by atoms with Crippen molar-refractivity contribution in [2.75, 3.05) is 13.1 Å². The molecule has 0 aliphatic heterocycles. The second-order valence-corrected chi connectivity index (χ2v) is 4.14. The molecule has 5 nitrogen and oxygen atoms in total. The zero-order valence-corrected chi connectivity index (χ0v) is 9.91. The van der Waals surface area contributed by atoms with Crippen LogP contribution in [0.1, 0.15) is 32.2 Å². The Kier molecular flexibility index (Phi) is 3.82. The number of nitrogens with zero attached hydrogens (tertiary/aromatic N) is 3. The predicted octanol–water partition coefficient (Wildman–Crippen LogP) is 0.423. The van der Waals surface area contributed by atoms with E-state index in [1.165, 1.54) is 0 Å². The van der Waals surface area contributed by atoms with Crippen LogP contribution < -0.4 is 5.32 Å². The Hall–Kier alpha value is -0.940. The van der Waals surface area contributed by atoms with E-state index in [0.29, 0.717) is 5.69 Å². The molecular formula is C10H20N4O. The number of aryl methyl sites for hydroxylation is 1. The smallest absolute Gasteiger partial charge is 0.117 e. The fourth-order valence-corrected chi connectivity index (χ4v) is 1.45. The molecule has 0 saturated heterocycles. The summed E-state index contributed by atoms with van der Waals surface area (Å²) in [5.74, 6) is 0. The number of aromatic nitrogens is 3. The Bertz CT molecular complexity index is 314. The Labute approximate surface area is 90.5 Å². The lowest BCUT2D eigenvalue weighted by atomic mass is 10.0. The van der Waals surface area contributed by atoms with Gasteiger partial charge in [-0.05, 0) is 27.3 Å². The van der Waals surface area contributed by atoms with Gasteiger partial charge in [0, 0.05) is 6.54 Å². The fraction of sp³-hybridized carbons (Fsp3) is 0.800. The number of hydrogen-bond acceptors (Lipinski definition) is 4. The fourth-order valence-electron chi connectivity index (χ4n) is 1.45. The van der Waals surface area contributed by atoms with Gasteiger partial charge >= 0.3 is 0 Å². The Morgan fingerprint density at radius 1 is 1.40 bits per heavy atom. The molecule has 1 rings (SSSR count). The minimum Gasteiger partial charge on any atom is -0.384 e. The van der Waals surface area contributed by atoms with Gasteiger partial charge in [0.2, 0.25) is 0 Å². The lowest BCUT2D eigenvalue weighted by Gasteiger charge is -2.13. The van der Waals surface area contributed by atoms with Crippen molar-refractivity contribution in [1.29, 1.82) is 0 Å². The summed E-state index contributed by atoms with van der Waals surface area (Å²) in [7, 11) is 0. The predicted molar refractivity (Wildman–Crippen MR) is 58.5 cm³/mol. The van der Waals surface area contributed by atoms with E-state index in [0.717, 1.165) is 25.3 Å². The molecule has 0 bridgehead atoms. The van der Waals surface area contributed by atoms with Crippen molar-refractivity contribution >= 4 is 0 Å². The molecule has 1 aromatic rings. The molecule has 0 saturated carbocycles. The van der Waals surface area contributed by atoms with Crippen molar-refractivity contribution in [3.8, 4) is 0 Å². The summed E-state index contributed by atoms with van der Waals surface area (Å²) in [5, 5.41) is 21.5. The third-order valence-electron chi connectivity index (χ3n) is 2.14. The maximum Gasteiger partial charge on any atom is 0.117 e. The summed E-state index contributed by atoms with van der Waals surface area (Å²) in [6.07, 6.45) is 0. The summed E-state index contributed by atoms with van der Waals surface area (Å²) in [4.78, 5) is 1.63. The molecule has 15 heavy (non-hydrogen) atoms. The second-order valence-electron chi connectivity index (χ2n) is 4.14. The number of hydrogen-bond donors (Lipinski definition) is 2. The van der Waals surface area contributed by atoms with Crippen LogP contribution in [-0.4, -0.2) is 33.2 Å². The average molecular weight is 212 g/mol. The highest BCUT2D eigenvalue weighted by Gasteiger charge is 2.23. The minimum absolute atomic E-state index is 0.652. The maximum absolute atomic E-state index is 9.82. The number of rotatable bonds is 5. The molecule has 2 N–H and O–H groups in total. The van der Waals surface area contributed by atoms with Crippen LogP contribution in [-0.2, 0) is 12.1 Å². The first-order valence-electron chi connectivity index (χ1n) is 5.30. The molecule has 0 atom stereocenters. The molecule has 0 aliphatic rings. The molecule has 0 fully saturated rings. The summed E-state index contributed by atoms with van der Waals surface area (Å²) in [5.41, 5.74) is 0.526. The molecule has 0 radical (unpaired) electrons. The maximum atomic E-state index is 9.82. The van der Waals surface area contributed by atoms with E-state index < -0.39 is 5.60 Å². The number of likely N-dealkylation sites (N-methyl/N-ethyl adjacent to an activating group) is 1. The lowest BCUT2D eigenvalue weighted by molar-refractivity contribution is 0.0724. The second kappa shape index (κ2) is 4.72. The van der Waals surface area contributed by atoms with Crippen molar-refractivity contribution in [1.82, 2.24) is 20.3 Å². The first kappa shape index (κ1) is 12.1. The topological polar surface area (TPSA) is 63.0 Å². The largest absolute Gasteiger partial charge is 0.384 e. The number of aliphatic hydroxyl groups is 1. The van der Waals surface area contributed by atoms with E-state index in [-0.39, 0.29) is 0 Å². The van der Waals surface area contributed by atoms with Gasteiger partial charge in [-0.2, -0.15) is 15.0 Å². The Morgan fingerprint density at radius 2 is 2.07 bits per heavy atom. The van der Waals surface area contributed by atoms with E-state index >= 15 is 0 Å². The van der Waals surface area contributed by atoms with Crippen LogP contribution in [0.15, 0.2) is 0 Å². The highest BCUT2D eigenvalue weighted by atomic mass is 16.3. The number of nitrogens with one attached hydrogen (secondary N) is 1. The van der Waals surface area contributed by atoms with E-state index in [2.05, 4.69) is 22.4 Å². The first-order chi connectivity index (χ1) is 6.95. The van der Waals surface area contributed by atoms with E-state index in [4.69, 9.17) is 0 Å². The molecule has 1 aromatic heterocycles. The Morgan fingerprint density at radius 3 is 2.53 bits per heavy atom. The van der Waals surface area contributed by atoms with Gasteiger partial charge in [-0.15, -0.1) is 0 Å². The van der Waals surface area contributed by atoms with E-state index in [9.17, 15) is 5.11 Å². The van der Waals surface area contributed by atoms with Gasteiger partial charge < -0.3 is 10.4 Å². The van der Waals surface area contributed by atoms with Crippen LogP contribution in [0.5, 0.6) is 0 Å². The van der Waals surface area contributed by atoms with Crippen molar-refractivity contribution in [3.63, 3.8) is 0 Å². The third kappa shape index (κ3) is 3.28. The molecule has 0 unspecified atom stereocenters. The van der Waals surface area contributed by atoms with Crippen LogP contribution in [0, 0.1) is 6.92 Å². The first-order valence-corrected chi connectivity index (χ1v) is 5.30. The van der Waals surface area contributed by atoms with Crippen molar-refractivity contribution in [2.24, 2.45) is 0 Å². The van der Waals surface area contributed by atoms with Gasteiger partial charge in [-0.1, -0.05) is 6.92 Å². The van der Waals surface area contributed by atoms with Crippen LogP contribution in [0.2, 0.25) is 0 Å². The summed E-state index contributed by atoms with van der Waals surface area (Å²) < 4.78 is 0. The average Bonchev–Trinajstić information content (AvgIpc) is 2.47. The van der Waals surface area contributed by atoms with Crippen LogP contribution in [0.3, 0.4) is 0 Å². The molecule has 86 valence electrons. The molecule has 0 spiro atoms. The third-order valence-corrected chi connectivity index (χ3v) is 2.14. The summed E-state index contributed by atoms with van der Waals surface area (Å²) in [6.45, 7) is 9.88. The normalized spacial score (nSPS) is 12.1. The Balaban J connectivity index is 2.69. The lowest BCUT2D eigenvalue weighted by Crippen LogP contribution is -2.21. The summed E-state index contributed by atoms with van der Waals surface area (Å²) in [6, 6.07) is 0. The zero-order valence-electron chi connectivity index (χ0n) is 9.91. The quantitative estimate of drug-likeness (QED) is 0.694. The van der Waals surface area contributed by atoms with Crippen molar-refractivity contribution in [3.05, 3.63) is 11.4 Å². The van der Waals surface area contributed by atoms with Gasteiger partial charge in [0.15, 0.2) is 0 Å². The van der Waals surface area contributed by atoms with Gasteiger partial charge in [0.25, 0.3) is 0 Å². The molecule has 0 aromatic carbocycles. The standard InChI is InChI=1S/C10H20N4O/c1-5-11-6-7-14-12-8(2)9(13-14)10(3,4)15/h11,15H,5-7H2,1-4H3. The van der Waals surface area contributed by atoms with E-state index in [1.54, 1.807) is 18.6 Å². The van der Waals surface area contributed by atoms with Gasteiger partial charge in [-0.25, -0.2) is 0 Å². The van der Waals surface area contributed by atoms with Crippen LogP contribution in [0.4, 0.5) is 0 Å². The molecule has 5 heteroatoms. The van der Waals surface area contributed by atoms with Crippen LogP contribution in [0.25, 0.3) is 0 Å². The highest BCUT2D eigenvalue weighted by Crippen LogP contribution is 2.19. The van der Waals surface area contributed by atoms with Crippen molar-refractivity contribution < 1.29 is 5.11 Å². The SMILES string of the molecule is CCNCCn1nc(C)c(C(C)(C)O)n1. The van der Waals surface area contributed by atoms with Crippen LogP contribution >= 0.6 is 0 Å². The highest BCUT2D eigenvalue weighted by molar-refractivity contribution is 5.13. The molecule has 0 aliphatic carbocycles. The molecule has 1 heterocycles. The van der Waals surface area contributed by atoms with Gasteiger partial charge in [0.1, 0.15) is 11.3 Å². The van der Waals surface area contributed by atoms with Gasteiger partial charge in [0.05, 0.1) is 12.2 Å². The summed E-state index contributed by atoms with van der Waals surface area (Å²) >= 11 is 0. The van der Waals surface area contributed by atoms with E-state index in [1.807, 2.05) is 6.92 Å². The van der Waals surface area contributed by atoms with Gasteiger partial charge in [-0.3, -0.25) is 0 Å². The van der Waals surface area contributed by atoms with Crippen molar-refractivity contribution in [2.45, 2.75) is 39.8 Å². The molecular weight excluding hydrogens is 192 g/mol.